The summed E-state index contributed by atoms with van der Waals surface area (Å²) >= 11 is 1.44. The van der Waals surface area contributed by atoms with Crippen LogP contribution in [0.25, 0.3) is 11.3 Å². The van der Waals surface area contributed by atoms with Crippen LogP contribution in [0.15, 0.2) is 46.6 Å². The number of rotatable bonds is 8. The molecule has 1 aliphatic heterocycles. The number of aryl methyl sites for hydroxylation is 1. The third-order valence-electron chi connectivity index (χ3n) is 7.67. The van der Waals surface area contributed by atoms with Crippen LogP contribution in [0.5, 0.6) is 0 Å². The number of carbonyl (C=O) groups excluding carboxylic acids is 1. The molecule has 224 valence electrons. The highest BCUT2D eigenvalue weighted by Crippen LogP contribution is 2.37. The first-order chi connectivity index (χ1) is 19.5. The maximum Gasteiger partial charge on any atom is 0.263 e. The molecule has 11 heteroatoms. The average Bonchev–Trinajstić information content (AvgIpc) is 3.56. The molecule has 1 aromatic carbocycles. The van der Waals surface area contributed by atoms with E-state index in [-0.39, 0.29) is 28.6 Å². The van der Waals surface area contributed by atoms with E-state index in [1.54, 1.807) is 18.6 Å². The Kier molecular flexibility index (Phi) is 9.15. The Morgan fingerprint density at radius 1 is 1.12 bits per heavy atom. The molecule has 2 N–H and O–H groups in total. The Labute approximate surface area is 254 Å². The number of aromatic nitrogens is 3. The van der Waals surface area contributed by atoms with Gasteiger partial charge in [-0.3, -0.25) is 9.79 Å². The molecule has 2 aromatic heterocycles. The van der Waals surface area contributed by atoms with Crippen LogP contribution in [-0.2, 0) is 9.84 Å². The lowest BCUT2D eigenvalue weighted by Crippen LogP contribution is -2.43. The zero-order valence-corrected chi connectivity index (χ0v) is 28.2. The summed E-state index contributed by atoms with van der Waals surface area (Å²) < 4.78 is 6.62. The molecule has 0 bridgehead atoms. The molecule has 1 amide bonds. The normalized spacial score (nSPS) is 16.3. The fourth-order valence-electron chi connectivity index (χ4n) is 4.10. The molecule has 0 saturated carbocycles. The van der Waals surface area contributed by atoms with Crippen LogP contribution in [0.4, 0.5) is 5.95 Å². The van der Waals surface area contributed by atoms with Crippen LogP contribution < -0.4 is 10.6 Å². The van der Waals surface area contributed by atoms with Crippen molar-refractivity contribution >= 4 is 43.6 Å². The van der Waals surface area contributed by atoms with E-state index in [9.17, 15) is 4.79 Å². The molecule has 2 unspecified atom stereocenters. The molecular weight excluding hydrogens is 563 g/mol. The molecule has 4 rings (SSSR count). The van der Waals surface area contributed by atoms with Crippen LogP contribution in [-0.4, -0.2) is 54.0 Å². The minimum absolute atomic E-state index is 0.0481. The first-order valence-electron chi connectivity index (χ1n) is 14.3. The van der Waals surface area contributed by atoms with Gasteiger partial charge in [0.2, 0.25) is 5.95 Å². The molecule has 0 saturated heterocycles. The first-order valence-corrected chi connectivity index (χ1v) is 18.0. The summed E-state index contributed by atoms with van der Waals surface area (Å²) in [7, 11) is -2.06. The number of anilines is 1. The van der Waals surface area contributed by atoms with Gasteiger partial charge in [0.25, 0.3) is 5.91 Å². The molecule has 1 aliphatic rings. The second kappa shape index (κ2) is 12.1. The van der Waals surface area contributed by atoms with Crippen molar-refractivity contribution in [3.05, 3.63) is 57.7 Å². The van der Waals surface area contributed by atoms with Crippen LogP contribution in [0.1, 0.15) is 80.3 Å². The fourth-order valence-corrected chi connectivity index (χ4v) is 6.00. The molecule has 0 spiro atoms. The Morgan fingerprint density at radius 2 is 1.86 bits per heavy atom. The number of hydrogen-bond acceptors (Lipinski definition) is 9. The molecule has 0 radical (unpaired) electrons. The van der Waals surface area contributed by atoms with Crippen molar-refractivity contribution in [3.8, 4) is 11.3 Å². The minimum Gasteiger partial charge on any atom is -0.414 e. The minimum atomic E-state index is -2.06. The van der Waals surface area contributed by atoms with Gasteiger partial charge in [-0.1, -0.05) is 53.7 Å². The number of nitrogens with zero attached hydrogens (tertiary/aromatic N) is 5. The van der Waals surface area contributed by atoms with Gasteiger partial charge in [0, 0.05) is 17.2 Å². The summed E-state index contributed by atoms with van der Waals surface area (Å²) in [6.07, 6.45) is 4.99. The molecule has 0 fully saturated rings. The van der Waals surface area contributed by atoms with E-state index in [1.807, 2.05) is 19.1 Å². The molecule has 3 heterocycles. The summed E-state index contributed by atoms with van der Waals surface area (Å²) in [6.45, 7) is 21.8. The quantitative estimate of drug-likeness (QED) is 0.269. The highest BCUT2D eigenvalue weighted by atomic mass is 32.1. The summed E-state index contributed by atoms with van der Waals surface area (Å²) in [5, 5.41) is 7.37. The van der Waals surface area contributed by atoms with Gasteiger partial charge in [0.05, 0.1) is 35.8 Å². The van der Waals surface area contributed by atoms with Crippen molar-refractivity contribution in [2.24, 2.45) is 9.98 Å². The summed E-state index contributed by atoms with van der Waals surface area (Å²) in [6, 6.07) is 7.73. The van der Waals surface area contributed by atoms with Crippen molar-refractivity contribution < 1.29 is 9.22 Å². The highest BCUT2D eigenvalue weighted by molar-refractivity contribution is 7.13. The van der Waals surface area contributed by atoms with Gasteiger partial charge in [0.15, 0.2) is 8.32 Å². The Morgan fingerprint density at radius 3 is 2.45 bits per heavy atom. The number of hydrogen-bond donors (Lipinski definition) is 2. The van der Waals surface area contributed by atoms with E-state index in [1.165, 1.54) is 11.3 Å². The third-order valence-corrected chi connectivity index (χ3v) is 13.6. The fraction of sp³-hybridized carbons (Fsp3) is 0.484. The van der Waals surface area contributed by atoms with Crippen LogP contribution in [0, 0.1) is 6.92 Å². The zero-order chi connectivity index (χ0) is 30.9. The smallest absolute Gasteiger partial charge is 0.263 e. The SMILES string of the molecule is Cc1cc(-c2ccnc(NC3=NC(C)N=C3)n2)ccc1C(CO[Si](C)(C)C(C)(C)C)NC(=O)c1cnc(C(C)(C)C)s1. The predicted molar refractivity (Wildman–Crippen MR) is 175 cm³/mol. The topological polar surface area (TPSA) is 114 Å². The molecule has 9 nitrogen and oxygen atoms in total. The summed E-state index contributed by atoms with van der Waals surface area (Å²) in [5.41, 5.74) is 3.65. The Hall–Kier alpha value is -3.28. The lowest BCUT2D eigenvalue weighted by Gasteiger charge is -2.37. The number of nitrogens with one attached hydrogen (secondary N) is 2. The van der Waals surface area contributed by atoms with Gasteiger partial charge in [-0.2, -0.15) is 0 Å². The predicted octanol–water partition coefficient (Wildman–Crippen LogP) is 6.94. The van der Waals surface area contributed by atoms with Crippen LogP contribution >= 0.6 is 11.3 Å². The second-order valence-electron chi connectivity index (χ2n) is 13.3. The molecule has 42 heavy (non-hydrogen) atoms. The van der Waals surface area contributed by atoms with E-state index in [0.29, 0.717) is 23.3 Å². The van der Waals surface area contributed by atoms with Crippen molar-refractivity contribution in [1.82, 2.24) is 20.3 Å². The van der Waals surface area contributed by atoms with Crippen LogP contribution in [0.2, 0.25) is 18.1 Å². The molecule has 3 aromatic rings. The standard InChI is InChI=1S/C31H43N7O2SSi/c1-19-15-21(23-13-14-32-29(37-23)38-26-17-33-20(2)35-26)11-12-22(19)24(18-40-42(9,10)31(6,7)8)36-27(39)25-16-34-28(41-25)30(3,4)5/h11-17,20,24H,18H2,1-10H3,(H,36,39)(H,32,35,37,38). The van der Waals surface area contributed by atoms with E-state index in [4.69, 9.17) is 9.41 Å². The highest BCUT2D eigenvalue weighted by Gasteiger charge is 2.38. The van der Waals surface area contributed by atoms with E-state index >= 15 is 0 Å². The summed E-state index contributed by atoms with van der Waals surface area (Å²) in [5.74, 6) is 0.956. The number of amides is 1. The van der Waals surface area contributed by atoms with Gasteiger partial charge < -0.3 is 15.1 Å². The third kappa shape index (κ3) is 7.56. The van der Waals surface area contributed by atoms with Gasteiger partial charge in [-0.05, 0) is 55.2 Å². The van der Waals surface area contributed by atoms with Crippen molar-refractivity contribution in [2.45, 2.75) is 91.1 Å². The molecule has 2 atom stereocenters. The number of carbonyl (C=O) groups is 1. The number of amidine groups is 1. The van der Waals surface area contributed by atoms with E-state index in [2.05, 4.69) is 104 Å². The molecule has 0 aliphatic carbocycles. The zero-order valence-electron chi connectivity index (χ0n) is 26.4. The van der Waals surface area contributed by atoms with Crippen molar-refractivity contribution in [2.75, 3.05) is 11.9 Å². The van der Waals surface area contributed by atoms with Gasteiger partial charge in [0.1, 0.15) is 16.9 Å². The lowest BCUT2D eigenvalue weighted by molar-refractivity contribution is 0.0922. The van der Waals surface area contributed by atoms with Crippen molar-refractivity contribution in [1.29, 1.82) is 0 Å². The van der Waals surface area contributed by atoms with Gasteiger partial charge in [-0.15, -0.1) is 11.3 Å². The Bertz CT molecular complexity index is 1500. The molecular formula is C31H43N7O2SSi. The first kappa shape index (κ1) is 31.6. The number of benzene rings is 1. The van der Waals surface area contributed by atoms with E-state index < -0.39 is 8.32 Å². The van der Waals surface area contributed by atoms with Crippen LogP contribution in [0.3, 0.4) is 0 Å². The maximum atomic E-state index is 13.5. The average molecular weight is 606 g/mol. The van der Waals surface area contributed by atoms with Crippen molar-refractivity contribution in [3.63, 3.8) is 0 Å². The monoisotopic (exact) mass is 605 g/mol. The van der Waals surface area contributed by atoms with Gasteiger partial charge >= 0.3 is 0 Å². The maximum absolute atomic E-state index is 13.5. The largest absolute Gasteiger partial charge is 0.414 e. The Balaban J connectivity index is 1.60. The summed E-state index contributed by atoms with van der Waals surface area (Å²) in [4.78, 5) is 36.2. The van der Waals surface area contributed by atoms with E-state index in [0.717, 1.165) is 27.4 Å². The number of thiazole rings is 1. The second-order valence-corrected chi connectivity index (χ2v) is 19.1. The van der Waals surface area contributed by atoms with Gasteiger partial charge in [-0.25, -0.2) is 19.9 Å². The lowest BCUT2D eigenvalue weighted by atomic mass is 9.98. The number of aliphatic imine (C=N–C) groups is 2.